The van der Waals surface area contributed by atoms with Crippen molar-refractivity contribution >= 4 is 11.0 Å². The van der Waals surface area contributed by atoms with Crippen LogP contribution in [0, 0.1) is 5.82 Å². The molecule has 0 radical (unpaired) electrons. The van der Waals surface area contributed by atoms with Gasteiger partial charge < -0.3 is 0 Å². The van der Waals surface area contributed by atoms with Crippen molar-refractivity contribution in [2.45, 2.75) is 26.1 Å². The topological polar surface area (TPSA) is 38.1 Å². The first-order valence-corrected chi connectivity index (χ1v) is 10.2. The molecule has 1 aliphatic rings. The fraction of sp³-hybridized carbons (Fsp3) is 0.200. The van der Waals surface area contributed by atoms with Crippen LogP contribution in [0.3, 0.4) is 0 Å². The molecule has 0 bridgehead atoms. The Bertz CT molecular complexity index is 1250. The second-order valence-corrected chi connectivity index (χ2v) is 7.80. The number of benzene rings is 2. The monoisotopic (exact) mass is 399 g/mol. The van der Waals surface area contributed by atoms with E-state index in [0.717, 1.165) is 46.3 Å². The highest BCUT2D eigenvalue weighted by atomic mass is 19.1. The molecule has 0 atom stereocenters. The van der Waals surface area contributed by atoms with Crippen LogP contribution in [-0.2, 0) is 26.1 Å². The number of aromatic nitrogens is 2. The third-order valence-corrected chi connectivity index (χ3v) is 5.80. The van der Waals surface area contributed by atoms with Crippen LogP contribution in [0.25, 0.3) is 11.0 Å². The molecule has 0 fully saturated rings. The summed E-state index contributed by atoms with van der Waals surface area (Å²) in [6, 6.07) is 20.6. The lowest BCUT2D eigenvalue weighted by atomic mass is 9.97. The Balaban J connectivity index is 1.54. The Morgan fingerprint density at radius 2 is 1.63 bits per heavy atom. The number of pyridine rings is 2. The smallest absolute Gasteiger partial charge is 0.257 e. The van der Waals surface area contributed by atoms with Crippen LogP contribution in [0.15, 0.2) is 77.7 Å². The van der Waals surface area contributed by atoms with Gasteiger partial charge >= 0.3 is 0 Å². The van der Waals surface area contributed by atoms with Crippen molar-refractivity contribution in [2.75, 3.05) is 6.54 Å². The van der Waals surface area contributed by atoms with Gasteiger partial charge in [-0.1, -0.05) is 42.5 Å². The minimum Gasteiger partial charge on any atom is -0.294 e. The number of hydrogen-bond acceptors (Lipinski definition) is 3. The van der Waals surface area contributed by atoms with E-state index in [1.165, 1.54) is 12.1 Å². The normalized spacial score (nSPS) is 14.0. The Kier molecular flexibility index (Phi) is 4.89. The van der Waals surface area contributed by atoms with Gasteiger partial charge in [-0.2, -0.15) is 0 Å². The molecule has 1 aliphatic heterocycles. The van der Waals surface area contributed by atoms with Crippen molar-refractivity contribution in [1.82, 2.24) is 14.5 Å². The molecule has 4 aromatic rings. The second-order valence-electron chi connectivity index (χ2n) is 7.80. The van der Waals surface area contributed by atoms with Gasteiger partial charge in [0.25, 0.3) is 5.56 Å². The van der Waals surface area contributed by atoms with Crippen LogP contribution in [0.2, 0.25) is 0 Å². The fourth-order valence-corrected chi connectivity index (χ4v) is 4.32. The van der Waals surface area contributed by atoms with Crippen LogP contribution in [0.1, 0.15) is 22.3 Å². The van der Waals surface area contributed by atoms with Gasteiger partial charge in [-0.15, -0.1) is 0 Å². The van der Waals surface area contributed by atoms with E-state index < -0.39 is 0 Å². The Labute approximate surface area is 174 Å². The predicted molar refractivity (Wildman–Crippen MR) is 116 cm³/mol. The fourth-order valence-electron chi connectivity index (χ4n) is 4.32. The van der Waals surface area contributed by atoms with Gasteiger partial charge in [-0.25, -0.2) is 9.37 Å². The zero-order chi connectivity index (χ0) is 20.5. The van der Waals surface area contributed by atoms with Crippen molar-refractivity contribution in [3.63, 3.8) is 0 Å². The third kappa shape index (κ3) is 3.53. The van der Waals surface area contributed by atoms with E-state index in [1.807, 2.05) is 48.5 Å². The molecule has 0 unspecified atom stereocenters. The molecular formula is C25H22FN3O. The lowest BCUT2D eigenvalue weighted by Gasteiger charge is -2.30. The molecule has 0 saturated heterocycles. The third-order valence-electron chi connectivity index (χ3n) is 5.80. The molecule has 0 aliphatic carbocycles. The van der Waals surface area contributed by atoms with Gasteiger partial charge in [0.05, 0.1) is 6.54 Å². The summed E-state index contributed by atoms with van der Waals surface area (Å²) in [6.07, 6.45) is 2.56. The summed E-state index contributed by atoms with van der Waals surface area (Å²) in [5.41, 5.74) is 4.86. The van der Waals surface area contributed by atoms with E-state index in [2.05, 4.69) is 16.0 Å². The molecule has 150 valence electrons. The maximum absolute atomic E-state index is 13.5. The number of fused-ring (bicyclic) bond motifs is 3. The number of rotatable bonds is 4. The molecule has 0 saturated carbocycles. The highest BCUT2D eigenvalue weighted by Gasteiger charge is 2.24. The van der Waals surface area contributed by atoms with E-state index in [4.69, 9.17) is 0 Å². The standard InChI is InChI=1S/C25H22FN3O/c26-20-10-8-19(9-11-20)15-28-14-12-21-22-7-4-13-27-24(22)29(25(30)23(21)17-28)16-18-5-2-1-3-6-18/h1-11,13H,12,14-17H2. The molecule has 2 aromatic heterocycles. The minimum atomic E-state index is -0.231. The van der Waals surface area contributed by atoms with Crippen molar-refractivity contribution in [1.29, 1.82) is 0 Å². The molecule has 3 heterocycles. The van der Waals surface area contributed by atoms with Gasteiger partial charge in [-0.05, 0) is 47.4 Å². The van der Waals surface area contributed by atoms with Crippen molar-refractivity contribution in [2.24, 2.45) is 0 Å². The highest BCUT2D eigenvalue weighted by molar-refractivity contribution is 5.80. The SMILES string of the molecule is O=c1c2c(c3cccnc3n1Cc1ccccc1)CCN(Cc1ccc(F)cc1)C2. The Hall–Kier alpha value is -3.31. The first-order valence-electron chi connectivity index (χ1n) is 10.2. The van der Waals surface area contributed by atoms with E-state index in [9.17, 15) is 9.18 Å². The average molecular weight is 399 g/mol. The van der Waals surface area contributed by atoms with Crippen LogP contribution in [0.5, 0.6) is 0 Å². The van der Waals surface area contributed by atoms with E-state index in [1.54, 1.807) is 10.8 Å². The average Bonchev–Trinajstić information content (AvgIpc) is 2.79. The van der Waals surface area contributed by atoms with Crippen LogP contribution in [-0.4, -0.2) is 21.0 Å². The Morgan fingerprint density at radius 3 is 2.43 bits per heavy atom. The predicted octanol–water partition coefficient (Wildman–Crippen LogP) is 4.14. The summed E-state index contributed by atoms with van der Waals surface area (Å²) < 4.78 is 15.0. The lowest BCUT2D eigenvalue weighted by Crippen LogP contribution is -2.37. The summed E-state index contributed by atoms with van der Waals surface area (Å²) in [4.78, 5) is 20.3. The molecule has 4 nitrogen and oxygen atoms in total. The van der Waals surface area contributed by atoms with Crippen molar-refractivity contribution < 1.29 is 4.39 Å². The molecule has 0 spiro atoms. The minimum absolute atomic E-state index is 0.0314. The van der Waals surface area contributed by atoms with Gasteiger partial charge in [-0.3, -0.25) is 14.3 Å². The molecule has 0 amide bonds. The molecule has 30 heavy (non-hydrogen) atoms. The largest absolute Gasteiger partial charge is 0.294 e. The number of nitrogens with zero attached hydrogens (tertiary/aromatic N) is 3. The van der Waals surface area contributed by atoms with Gasteiger partial charge in [0, 0.05) is 36.8 Å². The number of hydrogen-bond donors (Lipinski definition) is 0. The molecular weight excluding hydrogens is 377 g/mol. The molecule has 5 heteroatoms. The Morgan fingerprint density at radius 1 is 0.867 bits per heavy atom. The van der Waals surface area contributed by atoms with Gasteiger partial charge in [0.15, 0.2) is 0 Å². The lowest BCUT2D eigenvalue weighted by molar-refractivity contribution is 0.244. The van der Waals surface area contributed by atoms with Crippen LogP contribution >= 0.6 is 0 Å². The summed E-state index contributed by atoms with van der Waals surface area (Å²) in [7, 11) is 0. The molecule has 0 N–H and O–H groups in total. The summed E-state index contributed by atoms with van der Waals surface area (Å²) in [6.45, 7) is 2.64. The number of halogens is 1. The zero-order valence-corrected chi connectivity index (χ0v) is 16.6. The quantitative estimate of drug-likeness (QED) is 0.518. The zero-order valence-electron chi connectivity index (χ0n) is 16.6. The summed E-state index contributed by atoms with van der Waals surface area (Å²) in [5, 5.41) is 1.06. The van der Waals surface area contributed by atoms with Crippen molar-refractivity contribution in [3.05, 3.63) is 111 Å². The molecule has 5 rings (SSSR count). The van der Waals surface area contributed by atoms with E-state index in [0.29, 0.717) is 19.6 Å². The van der Waals surface area contributed by atoms with Gasteiger partial charge in [0.2, 0.25) is 0 Å². The summed E-state index contributed by atoms with van der Waals surface area (Å²) in [5.74, 6) is -0.231. The van der Waals surface area contributed by atoms with Gasteiger partial charge in [0.1, 0.15) is 11.5 Å². The van der Waals surface area contributed by atoms with Crippen LogP contribution in [0.4, 0.5) is 4.39 Å². The van der Waals surface area contributed by atoms with E-state index >= 15 is 0 Å². The maximum atomic E-state index is 13.5. The highest BCUT2D eigenvalue weighted by Crippen LogP contribution is 2.25. The van der Waals surface area contributed by atoms with Crippen molar-refractivity contribution in [3.8, 4) is 0 Å². The summed E-state index contributed by atoms with van der Waals surface area (Å²) >= 11 is 0. The van der Waals surface area contributed by atoms with E-state index in [-0.39, 0.29) is 11.4 Å². The van der Waals surface area contributed by atoms with Crippen LogP contribution < -0.4 is 5.56 Å². The first-order chi connectivity index (χ1) is 14.7. The maximum Gasteiger partial charge on any atom is 0.257 e. The molecule has 2 aromatic carbocycles. The first kappa shape index (κ1) is 18.7. The second kappa shape index (κ2) is 7.84.